The fourth-order valence-electron chi connectivity index (χ4n) is 5.20. The van der Waals surface area contributed by atoms with Crippen LogP contribution in [0.4, 0.5) is 8.78 Å². The Balaban J connectivity index is 1.50. The molecule has 0 amide bonds. The minimum Gasteiger partial charge on any atom is -0.463 e. The predicted octanol–water partition coefficient (Wildman–Crippen LogP) is 6.12. The first-order chi connectivity index (χ1) is 19.8. The lowest BCUT2D eigenvalue weighted by Gasteiger charge is -2.34. The van der Waals surface area contributed by atoms with Crippen LogP contribution in [0.2, 0.25) is 5.02 Å². The van der Waals surface area contributed by atoms with E-state index in [0.29, 0.717) is 47.9 Å². The summed E-state index contributed by atoms with van der Waals surface area (Å²) in [5.41, 5.74) is 1.58. The second kappa shape index (κ2) is 12.5. The molecule has 1 atom stereocenters. The van der Waals surface area contributed by atoms with Crippen LogP contribution in [0, 0.1) is 17.6 Å². The predicted molar refractivity (Wildman–Crippen MR) is 147 cm³/mol. The highest BCUT2D eigenvalue weighted by Crippen LogP contribution is 2.44. The molecule has 1 aromatic carbocycles. The van der Waals surface area contributed by atoms with Crippen LogP contribution in [-0.4, -0.2) is 41.1 Å². The number of nitrogens with one attached hydrogen (secondary N) is 1. The van der Waals surface area contributed by atoms with Gasteiger partial charge in [-0.1, -0.05) is 22.8 Å². The molecule has 1 aliphatic carbocycles. The van der Waals surface area contributed by atoms with Crippen molar-refractivity contribution in [2.24, 2.45) is 10.9 Å². The van der Waals surface area contributed by atoms with E-state index in [1.54, 1.807) is 31.5 Å². The number of rotatable bonds is 8. The third kappa shape index (κ3) is 5.89. The van der Waals surface area contributed by atoms with E-state index in [-0.39, 0.29) is 41.9 Å². The molecule has 0 bridgehead atoms. The Morgan fingerprint density at radius 1 is 1.10 bits per heavy atom. The van der Waals surface area contributed by atoms with Crippen LogP contribution in [-0.2, 0) is 14.3 Å². The number of hydrogen-bond donors (Lipinski definition) is 1. The smallest absolute Gasteiger partial charge is 0.377 e. The number of aliphatic imine (C=N–C) groups is 1. The molecule has 0 radical (unpaired) electrons. The van der Waals surface area contributed by atoms with Gasteiger partial charge in [-0.05, 0) is 51.5 Å². The van der Waals surface area contributed by atoms with E-state index >= 15 is 0 Å². The molecule has 1 fully saturated rings. The summed E-state index contributed by atoms with van der Waals surface area (Å²) >= 11 is 7.62. The first-order valence-electron chi connectivity index (χ1n) is 13.2. The van der Waals surface area contributed by atoms with Gasteiger partial charge < -0.3 is 19.3 Å². The number of allylic oxidation sites excluding steroid dienone is 1. The molecule has 1 aliphatic heterocycles. The molecule has 216 valence electrons. The second-order valence-electron chi connectivity index (χ2n) is 9.54. The van der Waals surface area contributed by atoms with E-state index in [1.807, 2.05) is 0 Å². The summed E-state index contributed by atoms with van der Waals surface area (Å²) in [6.07, 6.45) is 4.32. The van der Waals surface area contributed by atoms with E-state index in [2.05, 4.69) is 15.5 Å². The number of carbonyl (C=O) groups is 2. The highest BCUT2D eigenvalue weighted by Gasteiger charge is 2.39. The van der Waals surface area contributed by atoms with Crippen LogP contribution < -0.4 is 5.32 Å². The molecule has 1 N–H and O–H groups in total. The fraction of sp³-hybridized carbons (Fsp3) is 0.393. The molecule has 41 heavy (non-hydrogen) atoms. The van der Waals surface area contributed by atoms with Crippen LogP contribution >= 0.6 is 22.9 Å². The Hall–Kier alpha value is -3.64. The SMILES string of the molecule is CCOC(=O)C1=C([C@H]2CC[C@H](c3cc(C(=O)OCC)on3)CC2)NC(c2nccs2)=NC1c1ccc(F)c(F)c1Cl. The van der Waals surface area contributed by atoms with Gasteiger partial charge in [0.05, 0.1) is 29.5 Å². The lowest BCUT2D eigenvalue weighted by Crippen LogP contribution is -2.38. The molecule has 1 unspecified atom stereocenters. The molecule has 0 saturated heterocycles. The summed E-state index contributed by atoms with van der Waals surface area (Å²) < 4.78 is 44.2. The second-order valence-corrected chi connectivity index (χ2v) is 10.8. The van der Waals surface area contributed by atoms with Crippen LogP contribution in [0.3, 0.4) is 0 Å². The van der Waals surface area contributed by atoms with Gasteiger partial charge in [-0.15, -0.1) is 11.3 Å². The van der Waals surface area contributed by atoms with Crippen molar-refractivity contribution in [3.8, 4) is 0 Å². The largest absolute Gasteiger partial charge is 0.463 e. The molecule has 5 rings (SSSR count). The zero-order chi connectivity index (χ0) is 29.1. The van der Waals surface area contributed by atoms with Gasteiger partial charge in [-0.25, -0.2) is 23.4 Å². The normalized spacial score (nSPS) is 20.8. The molecular weight excluding hydrogens is 578 g/mol. The van der Waals surface area contributed by atoms with Gasteiger partial charge in [0.2, 0.25) is 5.76 Å². The number of hydrogen-bond acceptors (Lipinski definition) is 10. The van der Waals surface area contributed by atoms with Crippen molar-refractivity contribution in [2.45, 2.75) is 51.5 Å². The van der Waals surface area contributed by atoms with Crippen molar-refractivity contribution >= 4 is 40.7 Å². The Morgan fingerprint density at radius 3 is 2.49 bits per heavy atom. The average molecular weight is 605 g/mol. The van der Waals surface area contributed by atoms with Crippen molar-refractivity contribution in [2.75, 3.05) is 13.2 Å². The summed E-state index contributed by atoms with van der Waals surface area (Å²) in [5, 5.41) is 9.31. The molecule has 0 spiro atoms. The highest BCUT2D eigenvalue weighted by atomic mass is 35.5. The van der Waals surface area contributed by atoms with E-state index in [4.69, 9.17) is 30.6 Å². The number of nitrogens with zero attached hydrogens (tertiary/aromatic N) is 3. The molecule has 9 nitrogen and oxygen atoms in total. The summed E-state index contributed by atoms with van der Waals surface area (Å²) in [6, 6.07) is 2.86. The van der Waals surface area contributed by atoms with Gasteiger partial charge >= 0.3 is 11.9 Å². The van der Waals surface area contributed by atoms with Crippen LogP contribution in [0.5, 0.6) is 0 Å². The summed E-state index contributed by atoms with van der Waals surface area (Å²) in [7, 11) is 0. The topological polar surface area (TPSA) is 116 Å². The Labute approximate surface area is 243 Å². The maximum absolute atomic E-state index is 14.6. The van der Waals surface area contributed by atoms with E-state index in [0.717, 1.165) is 6.07 Å². The van der Waals surface area contributed by atoms with Gasteiger partial charge in [0, 0.05) is 34.8 Å². The zero-order valence-corrected chi connectivity index (χ0v) is 23.9. The van der Waals surface area contributed by atoms with Crippen molar-refractivity contribution < 1.29 is 32.4 Å². The van der Waals surface area contributed by atoms with Crippen LogP contribution in [0.1, 0.15) is 78.3 Å². The standard InChI is InChI=1S/C28H27ClF2N4O5S/c1-3-38-27(36)19-13-18(35-40-19)14-5-7-15(8-6-14)23-20(28(37)39-4-2)24(16-9-10-17(30)22(31)21(16)29)34-25(33-23)26-32-11-12-41-26/h9-15,24H,3-8H2,1-2H3,(H,33,34)/t14-,15-,24?. The van der Waals surface area contributed by atoms with Gasteiger partial charge in [-0.3, -0.25) is 4.99 Å². The van der Waals surface area contributed by atoms with E-state index in [1.165, 1.54) is 17.4 Å². The summed E-state index contributed by atoms with van der Waals surface area (Å²) in [5.74, 6) is -3.14. The number of thiazole rings is 1. The fourth-order valence-corrected chi connectivity index (χ4v) is 6.05. The first kappa shape index (κ1) is 28.9. The quantitative estimate of drug-likeness (QED) is 0.241. The molecular formula is C28H27ClF2N4O5S. The maximum atomic E-state index is 14.6. The van der Waals surface area contributed by atoms with Gasteiger partial charge in [-0.2, -0.15) is 0 Å². The number of benzene rings is 1. The van der Waals surface area contributed by atoms with Crippen molar-refractivity contribution in [1.82, 2.24) is 15.5 Å². The van der Waals surface area contributed by atoms with Crippen molar-refractivity contribution in [3.63, 3.8) is 0 Å². The summed E-state index contributed by atoms with van der Waals surface area (Å²) in [6.45, 7) is 3.74. The van der Waals surface area contributed by atoms with Gasteiger partial charge in [0.1, 0.15) is 6.04 Å². The van der Waals surface area contributed by atoms with Crippen LogP contribution in [0.15, 0.2) is 50.6 Å². The Kier molecular flexibility index (Phi) is 8.79. The minimum atomic E-state index is -1.21. The lowest BCUT2D eigenvalue weighted by molar-refractivity contribution is -0.139. The Bertz CT molecular complexity index is 1500. The highest BCUT2D eigenvalue weighted by molar-refractivity contribution is 7.11. The third-order valence-corrected chi connectivity index (χ3v) is 8.29. The first-order valence-corrected chi connectivity index (χ1v) is 14.5. The van der Waals surface area contributed by atoms with Crippen LogP contribution in [0.25, 0.3) is 0 Å². The number of esters is 2. The number of amidine groups is 1. The number of carbonyl (C=O) groups excluding carboxylic acids is 2. The Morgan fingerprint density at radius 2 is 1.80 bits per heavy atom. The summed E-state index contributed by atoms with van der Waals surface area (Å²) in [4.78, 5) is 34.5. The van der Waals surface area contributed by atoms with Crippen molar-refractivity contribution in [3.05, 3.63) is 79.7 Å². The number of halogens is 3. The molecule has 1 saturated carbocycles. The molecule has 3 heterocycles. The van der Waals surface area contributed by atoms with E-state index in [9.17, 15) is 18.4 Å². The lowest BCUT2D eigenvalue weighted by atomic mass is 9.77. The molecule has 3 aromatic rings. The maximum Gasteiger partial charge on any atom is 0.377 e. The number of ether oxygens (including phenoxy) is 2. The van der Waals surface area contributed by atoms with Crippen molar-refractivity contribution in [1.29, 1.82) is 0 Å². The van der Waals surface area contributed by atoms with Gasteiger partial charge in [0.25, 0.3) is 0 Å². The monoisotopic (exact) mass is 604 g/mol. The zero-order valence-electron chi connectivity index (χ0n) is 22.3. The molecule has 2 aliphatic rings. The van der Waals surface area contributed by atoms with E-state index < -0.39 is 34.6 Å². The molecule has 2 aromatic heterocycles. The minimum absolute atomic E-state index is 0.0388. The molecule has 13 heteroatoms. The average Bonchev–Trinajstić information content (AvgIpc) is 3.69. The van der Waals surface area contributed by atoms with Gasteiger partial charge in [0.15, 0.2) is 22.5 Å². The number of aromatic nitrogens is 2. The third-order valence-electron chi connectivity index (χ3n) is 7.12.